The van der Waals surface area contributed by atoms with Crippen LogP contribution in [0.3, 0.4) is 0 Å². The lowest BCUT2D eigenvalue weighted by molar-refractivity contribution is -0.145. The number of aromatic amines is 1. The van der Waals surface area contributed by atoms with Crippen LogP contribution in [0.5, 0.6) is 0 Å². The maximum atomic E-state index is 12.8. The minimum absolute atomic E-state index is 0.230. The minimum Gasteiger partial charge on any atom is -0.303 e. The maximum Gasteiger partial charge on any atom is 0.449 e. The van der Waals surface area contributed by atoms with E-state index in [0.29, 0.717) is 25.1 Å². The van der Waals surface area contributed by atoms with E-state index in [9.17, 15) is 18.0 Å². The van der Waals surface area contributed by atoms with Gasteiger partial charge in [-0.05, 0) is 23.1 Å². The molecule has 0 amide bonds. The molecule has 0 aromatic carbocycles. The summed E-state index contributed by atoms with van der Waals surface area (Å²) in [5.74, 6) is -1.23. The second-order valence-electron chi connectivity index (χ2n) is 6.36. The van der Waals surface area contributed by atoms with Gasteiger partial charge in [-0.3, -0.25) is 14.7 Å². The molecular weight excluding hydrogens is 377 g/mol. The first kappa shape index (κ1) is 17.9. The van der Waals surface area contributed by atoms with Gasteiger partial charge in [0.1, 0.15) is 0 Å². The van der Waals surface area contributed by atoms with Crippen LogP contribution in [0.2, 0.25) is 0 Å². The van der Waals surface area contributed by atoms with Crippen LogP contribution in [0.1, 0.15) is 22.6 Å². The summed E-state index contributed by atoms with van der Waals surface area (Å²) in [6.07, 6.45) is -2.55. The van der Waals surface area contributed by atoms with E-state index in [2.05, 4.69) is 9.97 Å². The molecular formula is C18H15F3N4OS. The largest absolute Gasteiger partial charge is 0.449 e. The smallest absolute Gasteiger partial charge is 0.303 e. The van der Waals surface area contributed by atoms with Crippen LogP contribution in [0.4, 0.5) is 13.2 Å². The number of alkyl halides is 3. The Bertz CT molecular complexity index is 997. The van der Waals surface area contributed by atoms with Gasteiger partial charge in [-0.1, -0.05) is 6.07 Å². The van der Waals surface area contributed by atoms with Crippen molar-refractivity contribution in [3.63, 3.8) is 0 Å². The molecule has 3 aromatic rings. The Labute approximate surface area is 156 Å². The lowest BCUT2D eigenvalue weighted by Gasteiger charge is -2.27. The zero-order valence-electron chi connectivity index (χ0n) is 14.1. The molecule has 1 aliphatic rings. The molecule has 9 heteroatoms. The van der Waals surface area contributed by atoms with Gasteiger partial charge in [0.2, 0.25) is 5.82 Å². The van der Waals surface area contributed by atoms with Gasteiger partial charge < -0.3 is 4.98 Å². The molecule has 1 aliphatic heterocycles. The molecule has 0 radical (unpaired) electrons. The fourth-order valence-electron chi connectivity index (χ4n) is 3.11. The van der Waals surface area contributed by atoms with Crippen LogP contribution in [-0.2, 0) is 25.7 Å². The number of fused-ring (bicyclic) bond motifs is 1. The van der Waals surface area contributed by atoms with Gasteiger partial charge in [0.15, 0.2) is 0 Å². The minimum atomic E-state index is -4.65. The average molecular weight is 392 g/mol. The van der Waals surface area contributed by atoms with Crippen molar-refractivity contribution in [2.24, 2.45) is 0 Å². The summed E-state index contributed by atoms with van der Waals surface area (Å²) in [5.41, 5.74) is 2.75. The number of H-pyrrole nitrogens is 1. The molecule has 0 aliphatic carbocycles. The van der Waals surface area contributed by atoms with Crippen molar-refractivity contribution in [2.45, 2.75) is 25.7 Å². The van der Waals surface area contributed by atoms with E-state index >= 15 is 0 Å². The lowest BCUT2D eigenvalue weighted by Crippen LogP contribution is -2.36. The first-order valence-electron chi connectivity index (χ1n) is 8.29. The van der Waals surface area contributed by atoms with Crippen LogP contribution in [0.15, 0.2) is 40.0 Å². The molecule has 0 fully saturated rings. The van der Waals surface area contributed by atoms with Crippen LogP contribution >= 0.6 is 11.3 Å². The molecule has 5 nitrogen and oxygen atoms in total. The van der Waals surface area contributed by atoms with E-state index in [0.717, 1.165) is 16.8 Å². The average Bonchev–Trinajstić information content (AvgIpc) is 3.16. The van der Waals surface area contributed by atoms with E-state index < -0.39 is 17.6 Å². The highest BCUT2D eigenvalue weighted by Gasteiger charge is 2.35. The Hall–Kier alpha value is -2.52. The summed E-state index contributed by atoms with van der Waals surface area (Å²) in [4.78, 5) is 24.0. The fraction of sp³-hybridized carbons (Fsp3) is 0.278. The number of hydrogen-bond acceptors (Lipinski definition) is 5. The SMILES string of the molecule is O=c1[nH]c(C(F)(F)F)nc2c1CN(Cc1ccc(-c3ccsc3)nc1)CC2. The van der Waals surface area contributed by atoms with Crippen LogP contribution in [0, 0.1) is 0 Å². The molecule has 4 heterocycles. The van der Waals surface area contributed by atoms with E-state index in [1.54, 1.807) is 17.5 Å². The number of halogens is 3. The predicted molar refractivity (Wildman–Crippen MR) is 95.2 cm³/mol. The predicted octanol–water partition coefficient (Wildman–Crippen LogP) is 3.47. The highest BCUT2D eigenvalue weighted by Crippen LogP contribution is 2.27. The van der Waals surface area contributed by atoms with Gasteiger partial charge >= 0.3 is 6.18 Å². The second kappa shape index (κ2) is 6.90. The molecule has 0 saturated carbocycles. The van der Waals surface area contributed by atoms with Crippen molar-refractivity contribution in [3.05, 3.63) is 68.2 Å². The summed E-state index contributed by atoms with van der Waals surface area (Å²) >= 11 is 1.61. The molecule has 4 rings (SSSR count). The third-order valence-corrected chi connectivity index (χ3v) is 5.15. The number of aromatic nitrogens is 3. The molecule has 27 heavy (non-hydrogen) atoms. The summed E-state index contributed by atoms with van der Waals surface area (Å²) in [5, 5.41) is 4.02. The van der Waals surface area contributed by atoms with Crippen LogP contribution in [-0.4, -0.2) is 26.4 Å². The molecule has 3 aromatic heterocycles. The van der Waals surface area contributed by atoms with E-state index in [1.165, 1.54) is 0 Å². The maximum absolute atomic E-state index is 12.8. The van der Waals surface area contributed by atoms with Crippen LogP contribution < -0.4 is 5.56 Å². The van der Waals surface area contributed by atoms with Crippen molar-refractivity contribution in [2.75, 3.05) is 6.54 Å². The molecule has 0 atom stereocenters. The van der Waals surface area contributed by atoms with Gasteiger partial charge in [0.05, 0.1) is 17.0 Å². The van der Waals surface area contributed by atoms with Crippen molar-refractivity contribution >= 4 is 11.3 Å². The number of nitrogens with zero attached hydrogens (tertiary/aromatic N) is 3. The quantitative estimate of drug-likeness (QED) is 0.742. The van der Waals surface area contributed by atoms with E-state index in [1.807, 2.05) is 38.8 Å². The second-order valence-corrected chi connectivity index (χ2v) is 7.14. The molecule has 0 spiro atoms. The van der Waals surface area contributed by atoms with Gasteiger partial charge in [0, 0.05) is 43.2 Å². The third-order valence-electron chi connectivity index (χ3n) is 4.46. The number of thiophene rings is 1. The monoisotopic (exact) mass is 392 g/mol. The Morgan fingerprint density at radius 1 is 1.26 bits per heavy atom. The molecule has 0 unspecified atom stereocenters. The van der Waals surface area contributed by atoms with Gasteiger partial charge in [-0.15, -0.1) is 0 Å². The summed E-state index contributed by atoms with van der Waals surface area (Å²) in [6, 6.07) is 5.92. The lowest BCUT2D eigenvalue weighted by atomic mass is 10.1. The zero-order chi connectivity index (χ0) is 19.0. The highest BCUT2D eigenvalue weighted by atomic mass is 32.1. The number of pyridine rings is 1. The number of nitrogens with one attached hydrogen (secondary N) is 1. The van der Waals surface area contributed by atoms with Gasteiger partial charge in [-0.2, -0.15) is 24.5 Å². The molecule has 1 N–H and O–H groups in total. The standard InChI is InChI=1S/C18H15F3N4OS/c19-18(20,21)17-23-15-3-5-25(9-13(15)16(26)24-17)8-11-1-2-14(22-7-11)12-4-6-27-10-12/h1-2,4,6-7,10H,3,5,8-9H2,(H,23,24,26). The van der Waals surface area contributed by atoms with Crippen LogP contribution in [0.25, 0.3) is 11.3 Å². The number of rotatable bonds is 3. The first-order valence-corrected chi connectivity index (χ1v) is 9.23. The molecule has 140 valence electrons. The van der Waals surface area contributed by atoms with Crippen molar-refractivity contribution in [1.29, 1.82) is 0 Å². The Morgan fingerprint density at radius 3 is 2.78 bits per heavy atom. The summed E-state index contributed by atoms with van der Waals surface area (Å²) < 4.78 is 38.4. The van der Waals surface area contributed by atoms with Gasteiger partial charge in [0.25, 0.3) is 5.56 Å². The van der Waals surface area contributed by atoms with Crippen molar-refractivity contribution in [1.82, 2.24) is 19.9 Å². The fourth-order valence-corrected chi connectivity index (χ4v) is 3.76. The number of hydrogen-bond donors (Lipinski definition) is 1. The van der Waals surface area contributed by atoms with Gasteiger partial charge in [-0.25, -0.2) is 4.98 Å². The van der Waals surface area contributed by atoms with Crippen molar-refractivity contribution < 1.29 is 13.2 Å². The van der Waals surface area contributed by atoms with E-state index in [-0.39, 0.29) is 12.2 Å². The normalized spacial score (nSPS) is 14.9. The zero-order valence-corrected chi connectivity index (χ0v) is 14.9. The first-order chi connectivity index (χ1) is 12.9. The summed E-state index contributed by atoms with van der Waals surface area (Å²) in [6.45, 7) is 1.37. The Kier molecular flexibility index (Phi) is 4.56. The Balaban J connectivity index is 1.49. The third kappa shape index (κ3) is 3.79. The molecule has 0 saturated heterocycles. The summed E-state index contributed by atoms with van der Waals surface area (Å²) in [7, 11) is 0. The van der Waals surface area contributed by atoms with E-state index in [4.69, 9.17) is 0 Å². The topological polar surface area (TPSA) is 61.9 Å². The van der Waals surface area contributed by atoms with Crippen molar-refractivity contribution in [3.8, 4) is 11.3 Å². The molecule has 0 bridgehead atoms. The highest BCUT2D eigenvalue weighted by molar-refractivity contribution is 7.08. The Morgan fingerprint density at radius 2 is 2.11 bits per heavy atom.